The maximum Gasteiger partial charge on any atom is 0.0220 e. The maximum absolute atomic E-state index is 5.76. The molecule has 1 aliphatic heterocycles. The molecular formula is C14H31N3. The van der Waals surface area contributed by atoms with Crippen LogP contribution < -0.4 is 5.73 Å². The van der Waals surface area contributed by atoms with E-state index >= 15 is 0 Å². The Morgan fingerprint density at radius 3 is 2.71 bits per heavy atom. The molecule has 1 unspecified atom stereocenters. The third-order valence-corrected chi connectivity index (χ3v) is 4.14. The maximum atomic E-state index is 5.76. The number of hydrogen-bond acceptors (Lipinski definition) is 3. The summed E-state index contributed by atoms with van der Waals surface area (Å²) >= 11 is 0. The smallest absolute Gasteiger partial charge is 0.0220 e. The molecule has 3 heteroatoms. The summed E-state index contributed by atoms with van der Waals surface area (Å²) in [5, 5.41) is 0. The molecule has 1 rings (SSSR count). The van der Waals surface area contributed by atoms with Crippen LogP contribution in [0.1, 0.15) is 39.5 Å². The SMILES string of the molecule is CN1CCCC(N(C)CCCC(C)(C)CN)C1. The lowest BCUT2D eigenvalue weighted by Gasteiger charge is -2.36. The zero-order valence-electron chi connectivity index (χ0n) is 12.2. The molecule has 1 atom stereocenters. The molecule has 0 radical (unpaired) electrons. The minimum atomic E-state index is 0.310. The Labute approximate surface area is 107 Å². The number of likely N-dealkylation sites (tertiary alicyclic amines) is 1. The highest BCUT2D eigenvalue weighted by Crippen LogP contribution is 2.21. The van der Waals surface area contributed by atoms with Gasteiger partial charge in [0.25, 0.3) is 0 Å². The summed E-state index contributed by atoms with van der Waals surface area (Å²) in [6.45, 7) is 9.04. The first-order valence-corrected chi connectivity index (χ1v) is 7.03. The molecule has 0 saturated carbocycles. The van der Waals surface area contributed by atoms with Crippen molar-refractivity contribution in [2.24, 2.45) is 11.1 Å². The molecule has 17 heavy (non-hydrogen) atoms. The number of piperidine rings is 1. The third-order valence-electron chi connectivity index (χ3n) is 4.14. The second kappa shape index (κ2) is 6.72. The number of nitrogens with two attached hydrogens (primary N) is 1. The second-order valence-electron chi connectivity index (χ2n) is 6.51. The molecule has 0 bridgehead atoms. The van der Waals surface area contributed by atoms with Crippen LogP contribution in [0.25, 0.3) is 0 Å². The molecule has 2 N–H and O–H groups in total. The van der Waals surface area contributed by atoms with Gasteiger partial charge in [0.1, 0.15) is 0 Å². The standard InChI is InChI=1S/C14H31N3/c1-14(2,12-15)8-6-10-17(4)13-7-5-9-16(3)11-13/h13H,5-12,15H2,1-4H3. The topological polar surface area (TPSA) is 32.5 Å². The molecule has 0 spiro atoms. The summed E-state index contributed by atoms with van der Waals surface area (Å²) in [5.74, 6) is 0. The van der Waals surface area contributed by atoms with Crippen LogP contribution in [0.15, 0.2) is 0 Å². The Balaban J connectivity index is 2.22. The van der Waals surface area contributed by atoms with Crippen molar-refractivity contribution in [3.8, 4) is 0 Å². The molecule has 1 heterocycles. The van der Waals surface area contributed by atoms with Crippen molar-refractivity contribution in [3.63, 3.8) is 0 Å². The van der Waals surface area contributed by atoms with Crippen molar-refractivity contribution < 1.29 is 0 Å². The fourth-order valence-corrected chi connectivity index (χ4v) is 2.59. The van der Waals surface area contributed by atoms with Crippen LogP contribution in [0.4, 0.5) is 0 Å². The lowest BCUT2D eigenvalue weighted by atomic mass is 9.88. The largest absolute Gasteiger partial charge is 0.330 e. The van der Waals surface area contributed by atoms with E-state index < -0.39 is 0 Å². The normalized spacial score (nSPS) is 23.3. The summed E-state index contributed by atoms with van der Waals surface area (Å²) in [5.41, 5.74) is 6.07. The molecule has 0 aromatic rings. The Kier molecular flexibility index (Phi) is 5.90. The summed E-state index contributed by atoms with van der Waals surface area (Å²) in [6, 6.07) is 0.759. The van der Waals surface area contributed by atoms with Gasteiger partial charge >= 0.3 is 0 Å². The second-order valence-corrected chi connectivity index (χ2v) is 6.51. The number of nitrogens with zero attached hydrogens (tertiary/aromatic N) is 2. The van der Waals surface area contributed by atoms with E-state index in [1.165, 1.54) is 45.3 Å². The van der Waals surface area contributed by atoms with Gasteiger partial charge in [-0.2, -0.15) is 0 Å². The van der Waals surface area contributed by atoms with E-state index in [9.17, 15) is 0 Å². The van der Waals surface area contributed by atoms with Crippen LogP contribution >= 0.6 is 0 Å². The number of likely N-dealkylation sites (N-methyl/N-ethyl adjacent to an activating group) is 2. The minimum absolute atomic E-state index is 0.310. The van der Waals surface area contributed by atoms with Gasteiger partial charge < -0.3 is 15.5 Å². The number of hydrogen-bond donors (Lipinski definition) is 1. The zero-order chi connectivity index (χ0) is 12.9. The molecular weight excluding hydrogens is 210 g/mol. The van der Waals surface area contributed by atoms with E-state index in [1.54, 1.807) is 0 Å². The van der Waals surface area contributed by atoms with Crippen molar-refractivity contribution in [1.29, 1.82) is 0 Å². The van der Waals surface area contributed by atoms with E-state index in [-0.39, 0.29) is 0 Å². The fraction of sp³-hybridized carbons (Fsp3) is 1.00. The van der Waals surface area contributed by atoms with Crippen LogP contribution in [-0.4, -0.2) is 56.1 Å². The molecule has 3 nitrogen and oxygen atoms in total. The van der Waals surface area contributed by atoms with Gasteiger partial charge in [0.15, 0.2) is 0 Å². The first-order valence-electron chi connectivity index (χ1n) is 7.03. The highest BCUT2D eigenvalue weighted by molar-refractivity contribution is 4.78. The van der Waals surface area contributed by atoms with Crippen molar-refractivity contribution in [2.75, 3.05) is 40.3 Å². The summed E-state index contributed by atoms with van der Waals surface area (Å²) in [7, 11) is 4.51. The Morgan fingerprint density at radius 1 is 1.41 bits per heavy atom. The Bertz CT molecular complexity index is 216. The van der Waals surface area contributed by atoms with E-state index in [1.807, 2.05) is 0 Å². The van der Waals surface area contributed by atoms with Crippen molar-refractivity contribution >= 4 is 0 Å². The predicted octanol–water partition coefficient (Wildman–Crippen LogP) is 1.78. The first-order chi connectivity index (χ1) is 7.94. The third kappa shape index (κ3) is 5.36. The van der Waals surface area contributed by atoms with E-state index in [0.717, 1.165) is 12.6 Å². The number of rotatable bonds is 6. The van der Waals surface area contributed by atoms with Gasteiger partial charge in [-0.25, -0.2) is 0 Å². The molecule has 0 amide bonds. The van der Waals surface area contributed by atoms with E-state index in [4.69, 9.17) is 5.73 Å². The Hall–Kier alpha value is -0.120. The fourth-order valence-electron chi connectivity index (χ4n) is 2.59. The van der Waals surface area contributed by atoms with Gasteiger partial charge in [-0.05, 0) is 64.8 Å². The summed E-state index contributed by atoms with van der Waals surface area (Å²) in [6.07, 6.45) is 5.21. The van der Waals surface area contributed by atoms with E-state index in [2.05, 4.69) is 37.7 Å². The lowest BCUT2D eigenvalue weighted by Crippen LogP contribution is -2.45. The van der Waals surface area contributed by atoms with Crippen LogP contribution in [0.2, 0.25) is 0 Å². The van der Waals surface area contributed by atoms with Gasteiger partial charge in [0, 0.05) is 12.6 Å². The van der Waals surface area contributed by atoms with Gasteiger partial charge in [-0.1, -0.05) is 13.8 Å². The average Bonchev–Trinajstić information content (AvgIpc) is 2.28. The van der Waals surface area contributed by atoms with Crippen molar-refractivity contribution in [1.82, 2.24) is 9.80 Å². The van der Waals surface area contributed by atoms with Crippen LogP contribution in [0.3, 0.4) is 0 Å². The molecule has 1 aliphatic rings. The van der Waals surface area contributed by atoms with Crippen LogP contribution in [-0.2, 0) is 0 Å². The molecule has 0 aliphatic carbocycles. The molecule has 1 saturated heterocycles. The molecule has 1 fully saturated rings. The minimum Gasteiger partial charge on any atom is -0.330 e. The van der Waals surface area contributed by atoms with Crippen LogP contribution in [0.5, 0.6) is 0 Å². The molecule has 102 valence electrons. The molecule has 0 aromatic carbocycles. The van der Waals surface area contributed by atoms with Gasteiger partial charge in [0.05, 0.1) is 0 Å². The van der Waals surface area contributed by atoms with Crippen molar-refractivity contribution in [2.45, 2.75) is 45.6 Å². The molecule has 0 aromatic heterocycles. The monoisotopic (exact) mass is 241 g/mol. The highest BCUT2D eigenvalue weighted by atomic mass is 15.2. The van der Waals surface area contributed by atoms with Gasteiger partial charge in [-0.3, -0.25) is 0 Å². The van der Waals surface area contributed by atoms with Gasteiger partial charge in [0.2, 0.25) is 0 Å². The quantitative estimate of drug-likeness (QED) is 0.769. The summed E-state index contributed by atoms with van der Waals surface area (Å²) in [4.78, 5) is 5.00. The van der Waals surface area contributed by atoms with Crippen LogP contribution in [0, 0.1) is 5.41 Å². The summed E-state index contributed by atoms with van der Waals surface area (Å²) < 4.78 is 0. The lowest BCUT2D eigenvalue weighted by molar-refractivity contribution is 0.129. The van der Waals surface area contributed by atoms with Gasteiger partial charge in [-0.15, -0.1) is 0 Å². The predicted molar refractivity (Wildman–Crippen MR) is 75.2 cm³/mol. The Morgan fingerprint density at radius 2 is 2.12 bits per heavy atom. The average molecular weight is 241 g/mol. The first kappa shape index (κ1) is 14.9. The zero-order valence-corrected chi connectivity index (χ0v) is 12.2. The van der Waals surface area contributed by atoms with E-state index in [0.29, 0.717) is 5.41 Å². The highest BCUT2D eigenvalue weighted by Gasteiger charge is 2.21. The van der Waals surface area contributed by atoms with Crippen molar-refractivity contribution in [3.05, 3.63) is 0 Å².